The Morgan fingerprint density at radius 1 is 1.00 bits per heavy atom. The molecule has 27 heavy (non-hydrogen) atoms. The number of aromatic carboxylic acids is 1. The molecule has 2 aromatic rings. The van der Waals surface area contributed by atoms with Crippen LogP contribution >= 0.6 is 0 Å². The third-order valence-corrected chi connectivity index (χ3v) is 4.29. The van der Waals surface area contributed by atoms with Gasteiger partial charge in [0.05, 0.1) is 5.56 Å². The fourth-order valence-corrected chi connectivity index (χ4v) is 2.83. The largest absolute Gasteiger partial charge is 0.478 e. The van der Waals surface area contributed by atoms with Crippen LogP contribution in [0.3, 0.4) is 0 Å². The Balaban J connectivity index is 1.74. The number of carbonyl (C=O) groups excluding carboxylic acids is 2. The highest BCUT2D eigenvalue weighted by Crippen LogP contribution is 2.12. The molecule has 1 aliphatic heterocycles. The molecule has 1 heterocycles. The van der Waals surface area contributed by atoms with E-state index in [9.17, 15) is 18.8 Å². The standard InChI is InChI=1S/C19H18FN3O4/c20-15-7-5-12(6-8-15)17(24)22-16-11-21-9-10-23(16)18(25)13-1-3-14(4-2-13)19(26)27/h1-8,16,21H,9-11H2,(H,22,24)(H,26,27). The summed E-state index contributed by atoms with van der Waals surface area (Å²) in [5.74, 6) is -2.23. The summed E-state index contributed by atoms with van der Waals surface area (Å²) >= 11 is 0. The van der Waals surface area contributed by atoms with Crippen molar-refractivity contribution in [2.24, 2.45) is 0 Å². The summed E-state index contributed by atoms with van der Waals surface area (Å²) in [5, 5.41) is 14.8. The summed E-state index contributed by atoms with van der Waals surface area (Å²) in [4.78, 5) is 37.6. The first kappa shape index (κ1) is 18.5. The van der Waals surface area contributed by atoms with Gasteiger partial charge in [-0.25, -0.2) is 9.18 Å². The van der Waals surface area contributed by atoms with Crippen molar-refractivity contribution in [1.29, 1.82) is 0 Å². The van der Waals surface area contributed by atoms with Crippen molar-refractivity contribution in [2.45, 2.75) is 6.17 Å². The van der Waals surface area contributed by atoms with Crippen molar-refractivity contribution >= 4 is 17.8 Å². The number of piperazine rings is 1. The van der Waals surface area contributed by atoms with Crippen molar-refractivity contribution in [3.05, 3.63) is 71.0 Å². The predicted octanol–water partition coefficient (Wildman–Crippen LogP) is 1.33. The van der Waals surface area contributed by atoms with Crippen molar-refractivity contribution in [2.75, 3.05) is 19.6 Å². The van der Waals surface area contributed by atoms with E-state index >= 15 is 0 Å². The van der Waals surface area contributed by atoms with Crippen molar-refractivity contribution < 1.29 is 23.9 Å². The maximum atomic E-state index is 13.0. The lowest BCUT2D eigenvalue weighted by molar-refractivity contribution is 0.0564. The number of carboxylic acids is 1. The highest BCUT2D eigenvalue weighted by Gasteiger charge is 2.29. The number of nitrogens with one attached hydrogen (secondary N) is 2. The molecule has 0 spiro atoms. The van der Waals surface area contributed by atoms with E-state index in [4.69, 9.17) is 5.11 Å². The number of amides is 2. The lowest BCUT2D eigenvalue weighted by Gasteiger charge is -2.36. The van der Waals surface area contributed by atoms with Gasteiger partial charge < -0.3 is 20.6 Å². The second-order valence-electron chi connectivity index (χ2n) is 6.08. The second-order valence-corrected chi connectivity index (χ2v) is 6.08. The molecule has 3 N–H and O–H groups in total. The van der Waals surface area contributed by atoms with Gasteiger partial charge in [0, 0.05) is 30.8 Å². The summed E-state index contributed by atoms with van der Waals surface area (Å²) in [7, 11) is 0. The van der Waals surface area contributed by atoms with Crippen molar-refractivity contribution in [1.82, 2.24) is 15.5 Å². The molecule has 1 aliphatic rings. The summed E-state index contributed by atoms with van der Waals surface area (Å²) in [6, 6.07) is 10.8. The maximum Gasteiger partial charge on any atom is 0.335 e. The lowest BCUT2D eigenvalue weighted by Crippen LogP contribution is -2.60. The minimum Gasteiger partial charge on any atom is -0.478 e. The van der Waals surface area contributed by atoms with Crippen LogP contribution in [0.5, 0.6) is 0 Å². The number of carboxylic acid groups (broad SMARTS) is 1. The summed E-state index contributed by atoms with van der Waals surface area (Å²) in [6.07, 6.45) is -0.581. The van der Waals surface area contributed by atoms with E-state index in [1.165, 1.54) is 53.4 Å². The highest BCUT2D eigenvalue weighted by atomic mass is 19.1. The summed E-state index contributed by atoms with van der Waals surface area (Å²) < 4.78 is 13.0. The number of carbonyl (C=O) groups is 3. The molecule has 0 aromatic heterocycles. The fourth-order valence-electron chi connectivity index (χ4n) is 2.83. The zero-order valence-electron chi connectivity index (χ0n) is 14.3. The van der Waals surface area contributed by atoms with Gasteiger partial charge in [-0.1, -0.05) is 0 Å². The average molecular weight is 371 g/mol. The van der Waals surface area contributed by atoms with Crippen LogP contribution in [-0.2, 0) is 0 Å². The molecule has 7 nitrogen and oxygen atoms in total. The minimum absolute atomic E-state index is 0.0908. The number of nitrogens with zero attached hydrogens (tertiary/aromatic N) is 1. The van der Waals surface area contributed by atoms with E-state index < -0.39 is 23.9 Å². The molecule has 0 saturated carbocycles. The molecule has 3 rings (SSSR count). The van der Waals surface area contributed by atoms with Gasteiger partial charge in [0.15, 0.2) is 0 Å². The first-order valence-electron chi connectivity index (χ1n) is 8.37. The number of hydrogen-bond acceptors (Lipinski definition) is 4. The van der Waals surface area contributed by atoms with Crippen LogP contribution in [0.2, 0.25) is 0 Å². The van der Waals surface area contributed by atoms with Crippen LogP contribution in [-0.4, -0.2) is 53.6 Å². The van der Waals surface area contributed by atoms with Crippen LogP contribution in [0, 0.1) is 5.82 Å². The molecule has 1 saturated heterocycles. The normalized spacial score (nSPS) is 16.6. The molecule has 0 bridgehead atoms. The van der Waals surface area contributed by atoms with Gasteiger partial charge in [-0.3, -0.25) is 9.59 Å². The van der Waals surface area contributed by atoms with E-state index in [1.54, 1.807) is 0 Å². The quantitative estimate of drug-likeness (QED) is 0.753. The zero-order valence-corrected chi connectivity index (χ0v) is 14.3. The topological polar surface area (TPSA) is 98.7 Å². The van der Waals surface area contributed by atoms with Crippen LogP contribution in [0.1, 0.15) is 31.1 Å². The van der Waals surface area contributed by atoms with Gasteiger partial charge in [-0.05, 0) is 48.5 Å². The van der Waals surface area contributed by atoms with Gasteiger partial charge in [0.25, 0.3) is 11.8 Å². The first-order valence-corrected chi connectivity index (χ1v) is 8.37. The van der Waals surface area contributed by atoms with Gasteiger partial charge in [0.1, 0.15) is 12.0 Å². The Morgan fingerprint density at radius 3 is 2.22 bits per heavy atom. The Hall–Kier alpha value is -3.26. The predicted molar refractivity (Wildman–Crippen MR) is 95.0 cm³/mol. The van der Waals surface area contributed by atoms with E-state index in [2.05, 4.69) is 10.6 Å². The molecular weight excluding hydrogens is 353 g/mol. The highest BCUT2D eigenvalue weighted by molar-refractivity contribution is 5.97. The van der Waals surface area contributed by atoms with Crippen LogP contribution in [0.15, 0.2) is 48.5 Å². The molecule has 8 heteroatoms. The van der Waals surface area contributed by atoms with Crippen LogP contribution in [0.25, 0.3) is 0 Å². The second kappa shape index (κ2) is 7.96. The Morgan fingerprint density at radius 2 is 1.59 bits per heavy atom. The third kappa shape index (κ3) is 4.29. The molecule has 2 aromatic carbocycles. The smallest absolute Gasteiger partial charge is 0.335 e. The molecular formula is C19H18FN3O4. The Kier molecular flexibility index (Phi) is 5.46. The zero-order chi connectivity index (χ0) is 19.4. The fraction of sp³-hybridized carbons (Fsp3) is 0.211. The van der Waals surface area contributed by atoms with Crippen molar-refractivity contribution in [3.8, 4) is 0 Å². The minimum atomic E-state index is -1.07. The third-order valence-electron chi connectivity index (χ3n) is 4.29. The number of hydrogen-bond donors (Lipinski definition) is 3. The van der Waals surface area contributed by atoms with Crippen LogP contribution in [0.4, 0.5) is 4.39 Å². The molecule has 2 amide bonds. The maximum absolute atomic E-state index is 13.0. The van der Waals surface area contributed by atoms with Crippen molar-refractivity contribution in [3.63, 3.8) is 0 Å². The summed E-state index contributed by atoms with van der Waals surface area (Å²) in [6.45, 7) is 1.32. The SMILES string of the molecule is O=C(O)c1ccc(C(=O)N2CCNCC2NC(=O)c2ccc(F)cc2)cc1. The van der Waals surface area contributed by atoms with Gasteiger partial charge >= 0.3 is 5.97 Å². The van der Waals surface area contributed by atoms with E-state index in [0.717, 1.165) is 0 Å². The first-order chi connectivity index (χ1) is 13.0. The number of benzene rings is 2. The monoisotopic (exact) mass is 371 g/mol. The van der Waals surface area contributed by atoms with Crippen LogP contribution < -0.4 is 10.6 Å². The van der Waals surface area contributed by atoms with E-state index in [0.29, 0.717) is 30.8 Å². The van der Waals surface area contributed by atoms with E-state index in [-0.39, 0.29) is 11.5 Å². The Labute approximate surface area is 154 Å². The summed E-state index contributed by atoms with van der Waals surface area (Å²) in [5.41, 5.74) is 0.719. The number of rotatable bonds is 4. The average Bonchev–Trinajstić information content (AvgIpc) is 2.68. The van der Waals surface area contributed by atoms with Gasteiger partial charge in [-0.15, -0.1) is 0 Å². The molecule has 1 atom stereocenters. The molecule has 0 aliphatic carbocycles. The van der Waals surface area contributed by atoms with Gasteiger partial charge in [-0.2, -0.15) is 0 Å². The molecule has 140 valence electrons. The Bertz CT molecular complexity index is 852. The van der Waals surface area contributed by atoms with E-state index in [1.807, 2.05) is 0 Å². The molecule has 0 radical (unpaired) electrons. The van der Waals surface area contributed by atoms with Gasteiger partial charge in [0.2, 0.25) is 0 Å². The number of halogens is 1. The molecule has 1 unspecified atom stereocenters. The lowest BCUT2D eigenvalue weighted by atomic mass is 10.1. The molecule has 1 fully saturated rings.